The summed E-state index contributed by atoms with van der Waals surface area (Å²) in [6, 6.07) is 7.49. The number of rotatable bonds is 3. The smallest absolute Gasteiger partial charge is 0.107 e. The van der Waals surface area contributed by atoms with Crippen LogP contribution in [-0.4, -0.2) is 11.9 Å². The van der Waals surface area contributed by atoms with E-state index in [0.29, 0.717) is 5.75 Å². The first-order chi connectivity index (χ1) is 5.68. The average molecular weight is 185 g/mol. The molecule has 3 heteroatoms. The molecule has 12 heavy (non-hydrogen) atoms. The molecule has 0 amide bonds. The fourth-order valence-corrected chi connectivity index (χ4v) is 1.63. The molecule has 0 saturated carbocycles. The highest BCUT2D eigenvalue weighted by atomic mass is 32.2. The van der Waals surface area contributed by atoms with Gasteiger partial charge in [0.2, 0.25) is 0 Å². The number of nitrogens with two attached hydrogens (primary N) is 1. The van der Waals surface area contributed by atoms with Gasteiger partial charge in [-0.1, -0.05) is 6.07 Å². The number of halogens is 1. The van der Waals surface area contributed by atoms with Crippen molar-refractivity contribution in [3.05, 3.63) is 24.3 Å². The second-order valence-corrected chi connectivity index (χ2v) is 3.76. The van der Waals surface area contributed by atoms with E-state index in [4.69, 9.17) is 5.73 Å². The minimum Gasteiger partial charge on any atom is -0.399 e. The highest BCUT2D eigenvalue weighted by Crippen LogP contribution is 2.21. The van der Waals surface area contributed by atoms with Crippen LogP contribution >= 0.6 is 11.8 Å². The standard InChI is InChI=1S/C9H12FNS/c1-7(10)6-12-9-4-2-3-8(11)5-9/h2-5,7H,6,11H2,1H3. The molecule has 0 aliphatic carbocycles. The Bertz CT molecular complexity index is 250. The summed E-state index contributed by atoms with van der Waals surface area (Å²) in [4.78, 5) is 1.03. The van der Waals surface area contributed by atoms with E-state index < -0.39 is 6.17 Å². The summed E-state index contributed by atoms with van der Waals surface area (Å²) in [6.45, 7) is 1.55. The number of nitrogen functional groups attached to an aromatic ring is 1. The molecule has 0 radical (unpaired) electrons. The van der Waals surface area contributed by atoms with Gasteiger partial charge in [0.15, 0.2) is 0 Å². The van der Waals surface area contributed by atoms with E-state index >= 15 is 0 Å². The maximum atomic E-state index is 12.4. The lowest BCUT2D eigenvalue weighted by Crippen LogP contribution is -1.95. The molecule has 1 aromatic rings. The fourth-order valence-electron chi connectivity index (χ4n) is 0.815. The van der Waals surface area contributed by atoms with E-state index in [1.54, 1.807) is 6.92 Å². The maximum absolute atomic E-state index is 12.4. The zero-order valence-electron chi connectivity index (χ0n) is 6.96. The Morgan fingerprint density at radius 2 is 2.33 bits per heavy atom. The third-order valence-electron chi connectivity index (χ3n) is 1.34. The van der Waals surface area contributed by atoms with Gasteiger partial charge in [-0.2, -0.15) is 0 Å². The molecule has 0 saturated heterocycles. The molecule has 66 valence electrons. The molecule has 0 spiro atoms. The first-order valence-corrected chi connectivity index (χ1v) is 4.79. The Morgan fingerprint density at radius 3 is 2.92 bits per heavy atom. The van der Waals surface area contributed by atoms with Crippen LogP contribution in [0.3, 0.4) is 0 Å². The first kappa shape index (κ1) is 9.39. The molecule has 0 fully saturated rings. The van der Waals surface area contributed by atoms with E-state index in [1.807, 2.05) is 24.3 Å². The molecule has 0 heterocycles. The molecule has 0 aliphatic rings. The van der Waals surface area contributed by atoms with Crippen molar-refractivity contribution in [1.29, 1.82) is 0 Å². The van der Waals surface area contributed by atoms with Crippen molar-refractivity contribution < 1.29 is 4.39 Å². The van der Waals surface area contributed by atoms with E-state index in [1.165, 1.54) is 11.8 Å². The summed E-state index contributed by atoms with van der Waals surface area (Å²) in [5.41, 5.74) is 6.29. The second kappa shape index (κ2) is 4.36. The number of anilines is 1. The Balaban J connectivity index is 2.52. The van der Waals surface area contributed by atoms with E-state index in [9.17, 15) is 4.39 Å². The van der Waals surface area contributed by atoms with Crippen molar-refractivity contribution in [3.8, 4) is 0 Å². The Kier molecular flexibility index (Phi) is 3.41. The fraction of sp³-hybridized carbons (Fsp3) is 0.333. The van der Waals surface area contributed by atoms with Gasteiger partial charge in [0, 0.05) is 16.3 Å². The Hall–Kier alpha value is -0.700. The zero-order valence-corrected chi connectivity index (χ0v) is 7.77. The minimum absolute atomic E-state index is 0.490. The van der Waals surface area contributed by atoms with E-state index in [-0.39, 0.29) is 0 Å². The predicted octanol–water partition coefficient (Wildman–Crippen LogP) is 2.72. The molecule has 1 rings (SSSR count). The zero-order chi connectivity index (χ0) is 8.97. The number of thioether (sulfide) groups is 1. The molecule has 1 aromatic carbocycles. The van der Waals surface area contributed by atoms with Crippen LogP contribution in [0.4, 0.5) is 10.1 Å². The van der Waals surface area contributed by atoms with Crippen molar-refractivity contribution in [2.75, 3.05) is 11.5 Å². The van der Waals surface area contributed by atoms with Gasteiger partial charge < -0.3 is 5.73 Å². The van der Waals surface area contributed by atoms with Crippen LogP contribution in [0.2, 0.25) is 0 Å². The monoisotopic (exact) mass is 185 g/mol. The molecule has 1 unspecified atom stereocenters. The van der Waals surface area contributed by atoms with Crippen LogP contribution in [0.1, 0.15) is 6.92 Å². The largest absolute Gasteiger partial charge is 0.399 e. The van der Waals surface area contributed by atoms with Crippen molar-refractivity contribution in [2.45, 2.75) is 18.0 Å². The molecule has 0 aliphatic heterocycles. The van der Waals surface area contributed by atoms with Gasteiger partial charge in [-0.05, 0) is 25.1 Å². The number of benzene rings is 1. The lowest BCUT2D eigenvalue weighted by atomic mass is 10.3. The minimum atomic E-state index is -0.767. The first-order valence-electron chi connectivity index (χ1n) is 3.81. The summed E-state index contributed by atoms with van der Waals surface area (Å²) < 4.78 is 12.4. The molecule has 1 nitrogen and oxygen atoms in total. The summed E-state index contributed by atoms with van der Waals surface area (Å²) >= 11 is 1.49. The van der Waals surface area contributed by atoms with Crippen molar-refractivity contribution in [1.82, 2.24) is 0 Å². The van der Waals surface area contributed by atoms with Gasteiger partial charge in [-0.15, -0.1) is 11.8 Å². The summed E-state index contributed by atoms with van der Waals surface area (Å²) in [5.74, 6) is 0.490. The summed E-state index contributed by atoms with van der Waals surface area (Å²) in [5, 5.41) is 0. The maximum Gasteiger partial charge on any atom is 0.107 e. The molecule has 2 N–H and O–H groups in total. The normalized spacial score (nSPS) is 12.8. The third-order valence-corrected chi connectivity index (χ3v) is 2.55. The van der Waals surface area contributed by atoms with Gasteiger partial charge in [-0.25, -0.2) is 4.39 Å². The van der Waals surface area contributed by atoms with Crippen LogP contribution in [-0.2, 0) is 0 Å². The van der Waals surface area contributed by atoms with Gasteiger partial charge >= 0.3 is 0 Å². The van der Waals surface area contributed by atoms with Crippen LogP contribution in [0.25, 0.3) is 0 Å². The summed E-state index contributed by atoms with van der Waals surface area (Å²) in [6.07, 6.45) is -0.767. The molecule has 1 atom stereocenters. The topological polar surface area (TPSA) is 26.0 Å². The van der Waals surface area contributed by atoms with Crippen LogP contribution in [0.15, 0.2) is 29.2 Å². The lowest BCUT2D eigenvalue weighted by Gasteiger charge is -2.02. The quantitative estimate of drug-likeness (QED) is 0.578. The van der Waals surface area contributed by atoms with Crippen LogP contribution in [0.5, 0.6) is 0 Å². The highest BCUT2D eigenvalue weighted by Gasteiger charge is 1.99. The van der Waals surface area contributed by atoms with Gasteiger partial charge in [0.25, 0.3) is 0 Å². The van der Waals surface area contributed by atoms with Gasteiger partial charge in [-0.3, -0.25) is 0 Å². The average Bonchev–Trinajstić information content (AvgIpc) is 2.01. The van der Waals surface area contributed by atoms with Crippen molar-refractivity contribution in [3.63, 3.8) is 0 Å². The van der Waals surface area contributed by atoms with Gasteiger partial charge in [0.1, 0.15) is 6.17 Å². The van der Waals surface area contributed by atoms with Crippen molar-refractivity contribution >= 4 is 17.4 Å². The third kappa shape index (κ3) is 3.13. The summed E-state index contributed by atoms with van der Waals surface area (Å²) in [7, 11) is 0. The van der Waals surface area contributed by atoms with E-state index in [0.717, 1.165) is 10.6 Å². The number of hydrogen-bond acceptors (Lipinski definition) is 2. The second-order valence-electron chi connectivity index (χ2n) is 2.66. The van der Waals surface area contributed by atoms with Gasteiger partial charge in [0.05, 0.1) is 0 Å². The Labute approximate surface area is 76.2 Å². The van der Waals surface area contributed by atoms with Crippen molar-refractivity contribution in [2.24, 2.45) is 0 Å². The SMILES string of the molecule is CC(F)CSc1cccc(N)c1. The Morgan fingerprint density at radius 1 is 1.58 bits per heavy atom. The number of alkyl halides is 1. The molecular formula is C9H12FNS. The number of hydrogen-bond donors (Lipinski definition) is 1. The predicted molar refractivity (Wildman–Crippen MR) is 52.1 cm³/mol. The molecular weight excluding hydrogens is 173 g/mol. The van der Waals surface area contributed by atoms with Crippen LogP contribution < -0.4 is 5.73 Å². The lowest BCUT2D eigenvalue weighted by molar-refractivity contribution is 0.398. The molecule has 0 aromatic heterocycles. The van der Waals surface area contributed by atoms with Crippen LogP contribution in [0, 0.1) is 0 Å². The molecule has 0 bridgehead atoms. The highest BCUT2D eigenvalue weighted by molar-refractivity contribution is 7.99. The van der Waals surface area contributed by atoms with E-state index in [2.05, 4.69) is 0 Å².